The van der Waals surface area contributed by atoms with Crippen molar-refractivity contribution in [2.45, 2.75) is 37.9 Å². The van der Waals surface area contributed by atoms with Crippen LogP contribution in [0.3, 0.4) is 0 Å². The van der Waals surface area contributed by atoms with Gasteiger partial charge in [0.1, 0.15) is 19.8 Å². The van der Waals surface area contributed by atoms with Crippen LogP contribution in [-0.4, -0.2) is 12.2 Å². The van der Waals surface area contributed by atoms with E-state index in [0.717, 1.165) is 31.9 Å². The lowest BCUT2D eigenvalue weighted by Gasteiger charge is -2.36. The minimum Gasteiger partial charge on any atom is -0.481 e. The lowest BCUT2D eigenvalue weighted by atomic mass is 9.94. The van der Waals surface area contributed by atoms with E-state index in [4.69, 9.17) is 9.47 Å². The Kier molecular flexibility index (Phi) is 2.73. The molecule has 2 atom stereocenters. The monoisotopic (exact) mass is 352 g/mol. The highest BCUT2D eigenvalue weighted by Gasteiger charge is 2.36. The van der Waals surface area contributed by atoms with Crippen molar-refractivity contribution in [2.75, 3.05) is 0 Å². The zero-order valence-corrected chi connectivity index (χ0v) is 12.0. The molecule has 15 heavy (non-hydrogen) atoms. The van der Waals surface area contributed by atoms with Gasteiger partial charge in [-0.25, -0.2) is 0 Å². The third kappa shape index (κ3) is 1.72. The van der Waals surface area contributed by atoms with Gasteiger partial charge in [-0.15, -0.1) is 11.3 Å². The van der Waals surface area contributed by atoms with Crippen molar-refractivity contribution in [1.29, 1.82) is 0 Å². The standard InChI is InChI=1S/C10H10Br2O2S/c11-9-7-8(10(12)15-9)14-6-4-2-1-3-5(6)13-7/h5-6H,1-4H2/t5-,6-/m1/s1. The Morgan fingerprint density at radius 1 is 0.933 bits per heavy atom. The summed E-state index contributed by atoms with van der Waals surface area (Å²) in [6.07, 6.45) is 5.24. The molecule has 3 rings (SSSR count). The van der Waals surface area contributed by atoms with Gasteiger partial charge in [-0.2, -0.15) is 0 Å². The third-order valence-electron chi connectivity index (χ3n) is 2.92. The van der Waals surface area contributed by atoms with Gasteiger partial charge in [0.25, 0.3) is 0 Å². The molecule has 0 unspecified atom stereocenters. The average molecular weight is 354 g/mol. The van der Waals surface area contributed by atoms with Crippen LogP contribution >= 0.6 is 43.2 Å². The molecular weight excluding hydrogens is 344 g/mol. The summed E-state index contributed by atoms with van der Waals surface area (Å²) in [5.41, 5.74) is 0. The van der Waals surface area contributed by atoms with Crippen LogP contribution in [0, 0.1) is 0 Å². The molecule has 0 amide bonds. The van der Waals surface area contributed by atoms with Crippen molar-refractivity contribution in [3.8, 4) is 11.5 Å². The Morgan fingerprint density at radius 2 is 1.40 bits per heavy atom. The van der Waals surface area contributed by atoms with Crippen molar-refractivity contribution < 1.29 is 9.47 Å². The van der Waals surface area contributed by atoms with Gasteiger partial charge >= 0.3 is 0 Å². The lowest BCUT2D eigenvalue weighted by Crippen LogP contribution is -2.41. The molecule has 1 aromatic rings. The number of hydrogen-bond acceptors (Lipinski definition) is 3. The summed E-state index contributed by atoms with van der Waals surface area (Å²) in [4.78, 5) is 0. The minimum atomic E-state index is 0.254. The van der Waals surface area contributed by atoms with E-state index in [1.807, 2.05) is 0 Å². The van der Waals surface area contributed by atoms with Crippen LogP contribution in [0.4, 0.5) is 0 Å². The van der Waals surface area contributed by atoms with Crippen molar-refractivity contribution in [3.05, 3.63) is 7.57 Å². The van der Waals surface area contributed by atoms with E-state index in [-0.39, 0.29) is 12.2 Å². The lowest BCUT2D eigenvalue weighted by molar-refractivity contribution is -0.00609. The van der Waals surface area contributed by atoms with Crippen LogP contribution in [0.1, 0.15) is 25.7 Å². The highest BCUT2D eigenvalue weighted by atomic mass is 79.9. The van der Waals surface area contributed by atoms with Crippen molar-refractivity contribution in [1.82, 2.24) is 0 Å². The Hall–Kier alpha value is 0.260. The summed E-state index contributed by atoms with van der Waals surface area (Å²) in [5.74, 6) is 1.77. The predicted molar refractivity (Wildman–Crippen MR) is 67.0 cm³/mol. The summed E-state index contributed by atoms with van der Waals surface area (Å²) < 4.78 is 14.0. The molecule has 1 aromatic heterocycles. The summed E-state index contributed by atoms with van der Waals surface area (Å²) in [6, 6.07) is 0. The first-order chi connectivity index (χ1) is 7.25. The molecule has 1 saturated carbocycles. The molecule has 82 valence electrons. The number of hydrogen-bond donors (Lipinski definition) is 0. The van der Waals surface area contributed by atoms with Gasteiger partial charge in [0.05, 0.1) is 0 Å². The summed E-state index contributed by atoms with van der Waals surface area (Å²) >= 11 is 8.62. The molecule has 0 spiro atoms. The number of thiophene rings is 1. The Balaban J connectivity index is 1.97. The van der Waals surface area contributed by atoms with Gasteiger partial charge in [-0.3, -0.25) is 0 Å². The number of ether oxygens (including phenoxy) is 2. The van der Waals surface area contributed by atoms with E-state index in [0.29, 0.717) is 0 Å². The fourth-order valence-electron chi connectivity index (χ4n) is 2.18. The van der Waals surface area contributed by atoms with E-state index in [1.165, 1.54) is 12.8 Å². The fourth-order valence-corrected chi connectivity index (χ4v) is 4.98. The van der Waals surface area contributed by atoms with Crippen LogP contribution in [0.5, 0.6) is 11.5 Å². The Labute approximate surface area is 109 Å². The van der Waals surface area contributed by atoms with E-state index >= 15 is 0 Å². The molecule has 2 heterocycles. The van der Waals surface area contributed by atoms with Crippen LogP contribution in [0.2, 0.25) is 0 Å². The molecule has 2 aliphatic rings. The minimum absolute atomic E-state index is 0.254. The molecule has 1 aliphatic carbocycles. The van der Waals surface area contributed by atoms with E-state index in [1.54, 1.807) is 11.3 Å². The second-order valence-corrected chi connectivity index (χ2v) is 7.56. The Bertz CT molecular complexity index is 357. The molecule has 0 radical (unpaired) electrons. The molecule has 1 fully saturated rings. The maximum absolute atomic E-state index is 6.00. The quantitative estimate of drug-likeness (QED) is 0.690. The molecule has 5 heteroatoms. The van der Waals surface area contributed by atoms with Gasteiger partial charge < -0.3 is 9.47 Å². The van der Waals surface area contributed by atoms with Crippen LogP contribution in [0.25, 0.3) is 0 Å². The maximum Gasteiger partial charge on any atom is 0.188 e. The van der Waals surface area contributed by atoms with Crippen LogP contribution in [0.15, 0.2) is 7.57 Å². The zero-order chi connectivity index (χ0) is 10.4. The Morgan fingerprint density at radius 3 is 1.87 bits per heavy atom. The van der Waals surface area contributed by atoms with Gasteiger partial charge in [0, 0.05) is 0 Å². The third-order valence-corrected chi connectivity index (χ3v) is 5.34. The molecule has 0 saturated heterocycles. The van der Waals surface area contributed by atoms with E-state index < -0.39 is 0 Å². The first-order valence-corrected chi connectivity index (χ1v) is 7.47. The summed E-state index contributed by atoms with van der Waals surface area (Å²) in [6.45, 7) is 0. The second kappa shape index (κ2) is 3.93. The molecule has 1 aliphatic heterocycles. The van der Waals surface area contributed by atoms with Gasteiger partial charge in [-0.05, 0) is 57.5 Å². The largest absolute Gasteiger partial charge is 0.481 e. The highest BCUT2D eigenvalue weighted by molar-refractivity contribution is 9.12. The average Bonchev–Trinajstić information content (AvgIpc) is 2.52. The van der Waals surface area contributed by atoms with Crippen LogP contribution in [-0.2, 0) is 0 Å². The van der Waals surface area contributed by atoms with Gasteiger partial charge in [0.2, 0.25) is 0 Å². The molecule has 0 bridgehead atoms. The van der Waals surface area contributed by atoms with E-state index in [2.05, 4.69) is 31.9 Å². The molecular formula is C10H10Br2O2S. The second-order valence-electron chi connectivity index (χ2n) is 3.90. The summed E-state index contributed by atoms with van der Waals surface area (Å²) in [5, 5.41) is 0. The zero-order valence-electron chi connectivity index (χ0n) is 7.96. The van der Waals surface area contributed by atoms with Crippen molar-refractivity contribution in [2.24, 2.45) is 0 Å². The van der Waals surface area contributed by atoms with Crippen molar-refractivity contribution in [3.63, 3.8) is 0 Å². The fraction of sp³-hybridized carbons (Fsp3) is 0.600. The number of rotatable bonds is 0. The summed E-state index contributed by atoms with van der Waals surface area (Å²) in [7, 11) is 0. The molecule has 0 N–H and O–H groups in total. The van der Waals surface area contributed by atoms with Crippen LogP contribution < -0.4 is 9.47 Å². The number of halogens is 2. The van der Waals surface area contributed by atoms with Gasteiger partial charge in [-0.1, -0.05) is 0 Å². The SMILES string of the molecule is Brc1sc(Br)c2c1O[C@@H]1CCCC[C@H]1O2. The predicted octanol–water partition coefficient (Wildman–Crippen LogP) is 4.36. The topological polar surface area (TPSA) is 18.5 Å². The normalized spacial score (nSPS) is 28.7. The van der Waals surface area contributed by atoms with Gasteiger partial charge in [0.15, 0.2) is 11.5 Å². The maximum atomic E-state index is 6.00. The molecule has 0 aromatic carbocycles. The smallest absolute Gasteiger partial charge is 0.188 e. The number of fused-ring (bicyclic) bond motifs is 2. The van der Waals surface area contributed by atoms with Crippen molar-refractivity contribution >= 4 is 43.2 Å². The molecule has 2 nitrogen and oxygen atoms in total. The first-order valence-electron chi connectivity index (χ1n) is 5.07. The highest BCUT2D eigenvalue weighted by Crippen LogP contribution is 2.52. The first kappa shape index (κ1) is 10.4. The van der Waals surface area contributed by atoms with E-state index in [9.17, 15) is 0 Å².